The Hall–Kier alpha value is -7.38. The number of rotatable bonds is 22. The summed E-state index contributed by atoms with van der Waals surface area (Å²) >= 11 is 0. The number of hydrogen-bond donors (Lipinski definition) is 0. The van der Waals surface area contributed by atoms with Crippen LogP contribution in [0.1, 0.15) is 72.1 Å². The summed E-state index contributed by atoms with van der Waals surface area (Å²) in [5.74, 6) is -9.61. The molecule has 0 bridgehead atoms. The molecule has 1 saturated carbocycles. The predicted molar refractivity (Wildman–Crippen MR) is 206 cm³/mol. The van der Waals surface area contributed by atoms with Gasteiger partial charge in [-0.2, -0.15) is 0 Å². The Kier molecular flexibility index (Phi) is 20.0. The van der Waals surface area contributed by atoms with Gasteiger partial charge in [0.15, 0.2) is 0 Å². The van der Waals surface area contributed by atoms with E-state index in [1.807, 2.05) is 0 Å². The first-order chi connectivity index (χ1) is 29.7. The summed E-state index contributed by atoms with van der Waals surface area (Å²) in [4.78, 5) is 122. The van der Waals surface area contributed by atoms with Crippen molar-refractivity contribution in [2.75, 3.05) is 40.6 Å². The highest BCUT2D eigenvalue weighted by Gasteiger charge is 2.33. The fourth-order valence-electron chi connectivity index (χ4n) is 5.44. The molecule has 0 amide bonds. The molecule has 0 atom stereocenters. The van der Waals surface area contributed by atoms with Crippen LogP contribution in [-0.4, -0.2) is 100 Å². The Balaban J connectivity index is 1.50. The third-order valence-electron chi connectivity index (χ3n) is 8.57. The van der Waals surface area contributed by atoms with Crippen LogP contribution in [-0.2, 0) is 66.8 Å². The van der Waals surface area contributed by atoms with E-state index in [1.54, 1.807) is 0 Å². The summed E-state index contributed by atoms with van der Waals surface area (Å²) in [5, 5.41) is 0. The van der Waals surface area contributed by atoms with E-state index in [2.05, 4.69) is 22.6 Å². The van der Waals surface area contributed by atoms with Crippen molar-refractivity contribution >= 4 is 59.7 Å². The zero-order valence-electron chi connectivity index (χ0n) is 33.8. The Morgan fingerprint density at radius 2 is 0.839 bits per heavy atom. The number of carbonyl (C=O) groups is 10. The lowest BCUT2D eigenvalue weighted by Crippen LogP contribution is -2.30. The van der Waals surface area contributed by atoms with E-state index in [4.69, 9.17) is 37.9 Å². The molecule has 1 fully saturated rings. The molecule has 0 spiro atoms. The van der Waals surface area contributed by atoms with Crippen LogP contribution in [0.25, 0.3) is 0 Å². The molecule has 1 aliphatic carbocycles. The Morgan fingerprint density at radius 1 is 0.500 bits per heavy atom. The Labute approximate surface area is 354 Å². The molecule has 62 heavy (non-hydrogen) atoms. The number of carbonyl (C=O) groups excluding carboxylic acids is 10. The highest BCUT2D eigenvalue weighted by molar-refractivity contribution is 5.95. The Bertz CT molecular complexity index is 1880. The van der Waals surface area contributed by atoms with Crippen molar-refractivity contribution in [1.29, 1.82) is 0 Å². The molecule has 332 valence electrons. The molecule has 0 unspecified atom stereocenters. The van der Waals surface area contributed by atoms with Crippen molar-refractivity contribution in [3.63, 3.8) is 0 Å². The SMILES string of the molecule is C=CC(=O)OCCOC(=O)CCC(=O)Oc1ccc(OC(=O)C2CCC(C(=O)Oc3ccc(OC(=O)CCC(=O)OCCOC(=O)C=C)c(C(=O)OC)c3)CC2)cc1C(=O)OC. The van der Waals surface area contributed by atoms with Gasteiger partial charge in [-0.15, -0.1) is 0 Å². The summed E-state index contributed by atoms with van der Waals surface area (Å²) in [6, 6.07) is 7.30. The molecule has 0 radical (unpaired) electrons. The van der Waals surface area contributed by atoms with Gasteiger partial charge < -0.3 is 47.4 Å². The minimum Gasteiger partial charge on any atom is -0.465 e. The van der Waals surface area contributed by atoms with E-state index in [0.717, 1.165) is 38.5 Å². The normalized spacial score (nSPS) is 14.0. The van der Waals surface area contributed by atoms with Crippen molar-refractivity contribution in [2.45, 2.75) is 51.4 Å². The van der Waals surface area contributed by atoms with Crippen LogP contribution in [0.15, 0.2) is 61.7 Å². The lowest BCUT2D eigenvalue weighted by molar-refractivity contribution is -0.151. The second-order valence-electron chi connectivity index (χ2n) is 12.8. The van der Waals surface area contributed by atoms with E-state index in [9.17, 15) is 47.9 Å². The fraction of sp³-hybridized carbons (Fsp3) is 0.381. The van der Waals surface area contributed by atoms with Crippen LogP contribution in [0.4, 0.5) is 0 Å². The van der Waals surface area contributed by atoms with Gasteiger partial charge in [0.2, 0.25) is 0 Å². The van der Waals surface area contributed by atoms with Crippen molar-refractivity contribution in [3.05, 3.63) is 72.8 Å². The maximum atomic E-state index is 13.1. The van der Waals surface area contributed by atoms with E-state index in [-0.39, 0.29) is 99.1 Å². The van der Waals surface area contributed by atoms with Gasteiger partial charge in [-0.25, -0.2) is 19.2 Å². The second-order valence-corrected chi connectivity index (χ2v) is 12.8. The van der Waals surface area contributed by atoms with Crippen LogP contribution in [0, 0.1) is 11.8 Å². The van der Waals surface area contributed by atoms with Gasteiger partial charge in [0.25, 0.3) is 0 Å². The summed E-state index contributed by atoms with van der Waals surface area (Å²) in [6.45, 7) is 5.59. The first-order valence-corrected chi connectivity index (χ1v) is 18.9. The summed E-state index contributed by atoms with van der Waals surface area (Å²) < 4.78 is 50.1. The first kappa shape index (κ1) is 49.0. The van der Waals surface area contributed by atoms with Gasteiger partial charge >= 0.3 is 59.7 Å². The zero-order chi connectivity index (χ0) is 45.6. The largest absolute Gasteiger partial charge is 0.465 e. The number of esters is 10. The molecule has 0 aromatic heterocycles. The summed E-state index contributed by atoms with van der Waals surface area (Å²) in [6.07, 6.45) is 1.26. The smallest absolute Gasteiger partial charge is 0.341 e. The maximum Gasteiger partial charge on any atom is 0.341 e. The topological polar surface area (TPSA) is 263 Å². The molecule has 0 N–H and O–H groups in total. The van der Waals surface area contributed by atoms with Gasteiger partial charge in [0.05, 0.1) is 51.7 Å². The molecule has 0 heterocycles. The summed E-state index contributed by atoms with van der Waals surface area (Å²) in [7, 11) is 2.18. The average molecular weight is 869 g/mol. The molecule has 0 saturated heterocycles. The molecule has 20 heteroatoms. The molecular formula is C42H44O20. The second kappa shape index (κ2) is 25.3. The van der Waals surface area contributed by atoms with Crippen LogP contribution < -0.4 is 18.9 Å². The van der Waals surface area contributed by atoms with Gasteiger partial charge in [0.1, 0.15) is 60.6 Å². The number of hydrogen-bond acceptors (Lipinski definition) is 20. The highest BCUT2D eigenvalue weighted by Crippen LogP contribution is 2.33. The van der Waals surface area contributed by atoms with Crippen molar-refractivity contribution in [3.8, 4) is 23.0 Å². The summed E-state index contributed by atoms with van der Waals surface area (Å²) in [5.41, 5.74) is -0.488. The minimum absolute atomic E-state index is 0.0591. The van der Waals surface area contributed by atoms with Gasteiger partial charge in [-0.05, 0) is 62.1 Å². The lowest BCUT2D eigenvalue weighted by Gasteiger charge is -2.26. The van der Waals surface area contributed by atoms with Crippen LogP contribution in [0.5, 0.6) is 23.0 Å². The quantitative estimate of drug-likeness (QED) is 0.0539. The molecular weight excluding hydrogens is 824 g/mol. The van der Waals surface area contributed by atoms with E-state index in [0.29, 0.717) is 0 Å². The van der Waals surface area contributed by atoms with Gasteiger partial charge in [0, 0.05) is 12.2 Å². The van der Waals surface area contributed by atoms with Crippen molar-refractivity contribution in [1.82, 2.24) is 0 Å². The predicted octanol–water partition coefficient (Wildman–Crippen LogP) is 3.49. The first-order valence-electron chi connectivity index (χ1n) is 18.9. The van der Waals surface area contributed by atoms with Crippen LogP contribution >= 0.6 is 0 Å². The molecule has 1 aliphatic rings. The third kappa shape index (κ3) is 16.3. The number of benzene rings is 2. The fourth-order valence-corrected chi connectivity index (χ4v) is 5.44. The third-order valence-corrected chi connectivity index (χ3v) is 8.57. The van der Waals surface area contributed by atoms with Gasteiger partial charge in [-0.3, -0.25) is 28.8 Å². The molecule has 2 aromatic carbocycles. The van der Waals surface area contributed by atoms with Crippen molar-refractivity contribution < 1.29 is 95.3 Å². The highest BCUT2D eigenvalue weighted by atomic mass is 16.6. The lowest BCUT2D eigenvalue weighted by atomic mass is 9.82. The zero-order valence-corrected chi connectivity index (χ0v) is 33.8. The monoisotopic (exact) mass is 868 g/mol. The van der Waals surface area contributed by atoms with Crippen molar-refractivity contribution in [2.24, 2.45) is 11.8 Å². The number of ether oxygens (including phenoxy) is 10. The van der Waals surface area contributed by atoms with Crippen LogP contribution in [0.3, 0.4) is 0 Å². The van der Waals surface area contributed by atoms with E-state index < -0.39 is 84.4 Å². The van der Waals surface area contributed by atoms with E-state index in [1.165, 1.54) is 24.3 Å². The van der Waals surface area contributed by atoms with Crippen LogP contribution in [0.2, 0.25) is 0 Å². The Morgan fingerprint density at radius 3 is 1.18 bits per heavy atom. The standard InChI is InChI=1S/C42H44O20/c1-5-33(43)55-19-21-57-35(45)15-17-37(47)61-31-13-11-27(23-29(31)41(51)53-3)59-39(49)25-7-9-26(10-8-25)40(50)60-28-12-14-32(30(24-28)42(52)54-4)62-38(48)18-16-36(46)58-22-20-56-34(44)6-2/h5-6,11-14,23-26H,1-2,7-10,15-22H2,3-4H3. The molecule has 20 nitrogen and oxygen atoms in total. The molecule has 2 aromatic rings. The molecule has 3 rings (SSSR count). The average Bonchev–Trinajstić information content (AvgIpc) is 3.27. The van der Waals surface area contributed by atoms with E-state index >= 15 is 0 Å². The number of methoxy groups -OCH3 is 2. The van der Waals surface area contributed by atoms with Gasteiger partial charge in [-0.1, -0.05) is 13.2 Å². The molecule has 0 aliphatic heterocycles. The maximum absolute atomic E-state index is 13.1. The minimum atomic E-state index is -0.911.